The van der Waals surface area contributed by atoms with Crippen LogP contribution in [0.15, 0.2) is 73.6 Å². The molecule has 0 aliphatic rings. The second-order valence-corrected chi connectivity index (χ2v) is 6.32. The van der Waals surface area contributed by atoms with Crippen molar-refractivity contribution in [3.8, 4) is 0 Å². The summed E-state index contributed by atoms with van der Waals surface area (Å²) in [7, 11) is 0. The van der Waals surface area contributed by atoms with Crippen LogP contribution in [-0.2, 0) is 0 Å². The van der Waals surface area contributed by atoms with Crippen molar-refractivity contribution in [2.75, 3.05) is 18.0 Å². The van der Waals surface area contributed by atoms with Crippen molar-refractivity contribution >= 4 is 28.4 Å². The van der Waals surface area contributed by atoms with Crippen molar-refractivity contribution in [1.29, 1.82) is 0 Å². The van der Waals surface area contributed by atoms with Crippen LogP contribution >= 0.6 is 11.8 Å². The van der Waals surface area contributed by atoms with Gasteiger partial charge in [-0.15, -0.1) is 0 Å². The summed E-state index contributed by atoms with van der Waals surface area (Å²) in [5.41, 5.74) is 1.42. The normalized spacial score (nSPS) is 10.9. The van der Waals surface area contributed by atoms with Gasteiger partial charge in [-0.25, -0.2) is 4.79 Å². The number of hydrogen-bond donors (Lipinski definition) is 0. The summed E-state index contributed by atoms with van der Waals surface area (Å²) >= 11 is 1.43. The third-order valence-corrected chi connectivity index (χ3v) is 4.80. The van der Waals surface area contributed by atoms with E-state index in [0.29, 0.717) is 10.5 Å². The van der Waals surface area contributed by atoms with Crippen LogP contribution in [0.2, 0.25) is 0 Å². The quantitative estimate of drug-likeness (QED) is 0.632. The van der Waals surface area contributed by atoms with Gasteiger partial charge in [-0.05, 0) is 44.2 Å². The minimum absolute atomic E-state index is 0.289. The van der Waals surface area contributed by atoms with Crippen LogP contribution in [-0.4, -0.2) is 13.1 Å². The summed E-state index contributed by atoms with van der Waals surface area (Å²) in [6.07, 6.45) is 0. The summed E-state index contributed by atoms with van der Waals surface area (Å²) in [6.45, 7) is 6.08. The van der Waals surface area contributed by atoms with Crippen LogP contribution in [0.1, 0.15) is 13.8 Å². The maximum atomic E-state index is 12.3. The number of benzene rings is 2. The van der Waals surface area contributed by atoms with Crippen molar-refractivity contribution in [1.82, 2.24) is 0 Å². The molecule has 1 aromatic heterocycles. The lowest BCUT2D eigenvalue weighted by Crippen LogP contribution is -2.21. The van der Waals surface area contributed by atoms with E-state index in [1.54, 1.807) is 0 Å². The Hall–Kier alpha value is -2.20. The molecular weight excluding hydrogens is 306 g/mol. The zero-order valence-electron chi connectivity index (χ0n) is 13.3. The molecule has 1 heterocycles. The number of fused-ring (bicyclic) bond motifs is 1. The Morgan fingerprint density at radius 3 is 2.43 bits per heavy atom. The van der Waals surface area contributed by atoms with E-state index in [4.69, 9.17) is 4.42 Å². The van der Waals surface area contributed by atoms with Gasteiger partial charge in [-0.3, -0.25) is 0 Å². The van der Waals surface area contributed by atoms with E-state index in [1.165, 1.54) is 11.8 Å². The first-order chi connectivity index (χ1) is 11.2. The van der Waals surface area contributed by atoms with Crippen LogP contribution in [0, 0.1) is 0 Å². The van der Waals surface area contributed by atoms with E-state index in [9.17, 15) is 4.79 Å². The molecule has 0 aliphatic carbocycles. The van der Waals surface area contributed by atoms with Crippen LogP contribution in [0.3, 0.4) is 0 Å². The van der Waals surface area contributed by atoms with Gasteiger partial charge in [0.2, 0.25) is 0 Å². The van der Waals surface area contributed by atoms with Crippen LogP contribution in [0.25, 0.3) is 11.0 Å². The van der Waals surface area contributed by atoms with E-state index in [1.807, 2.05) is 48.5 Å². The Balaban J connectivity index is 1.99. The predicted octanol–water partition coefficient (Wildman–Crippen LogP) is 4.79. The molecule has 0 amide bonds. The molecule has 0 saturated carbocycles. The fourth-order valence-corrected chi connectivity index (χ4v) is 3.41. The predicted molar refractivity (Wildman–Crippen MR) is 96.6 cm³/mol. The molecule has 0 atom stereocenters. The lowest BCUT2D eigenvalue weighted by Gasteiger charge is -2.21. The molecule has 3 rings (SSSR count). The molecule has 0 radical (unpaired) electrons. The molecule has 0 fully saturated rings. The molecule has 0 bridgehead atoms. The minimum Gasteiger partial charge on any atom is -0.422 e. The zero-order valence-corrected chi connectivity index (χ0v) is 14.1. The molecule has 0 unspecified atom stereocenters. The first-order valence-corrected chi connectivity index (χ1v) is 8.58. The number of nitrogens with zero attached hydrogens (tertiary/aromatic N) is 1. The zero-order chi connectivity index (χ0) is 16.2. The molecule has 3 aromatic rings. The second kappa shape index (κ2) is 6.92. The number of hydrogen-bond acceptors (Lipinski definition) is 4. The smallest absolute Gasteiger partial charge is 0.350 e. The highest BCUT2D eigenvalue weighted by atomic mass is 32.2. The van der Waals surface area contributed by atoms with Gasteiger partial charge in [0.1, 0.15) is 5.58 Å². The van der Waals surface area contributed by atoms with Crippen LogP contribution in [0.4, 0.5) is 5.69 Å². The van der Waals surface area contributed by atoms with Crippen molar-refractivity contribution in [2.24, 2.45) is 0 Å². The molecule has 2 aromatic carbocycles. The summed E-state index contributed by atoms with van der Waals surface area (Å²) in [4.78, 5) is 16.1. The lowest BCUT2D eigenvalue weighted by atomic mass is 10.2. The Bertz CT molecular complexity index is 854. The molecule has 118 valence electrons. The summed E-state index contributed by atoms with van der Waals surface area (Å²) in [5, 5.41) is 0.943. The Kier molecular flexibility index (Phi) is 4.72. The number of rotatable bonds is 5. The second-order valence-electron chi connectivity index (χ2n) is 5.21. The summed E-state index contributed by atoms with van der Waals surface area (Å²) in [5.74, 6) is 0. The summed E-state index contributed by atoms with van der Waals surface area (Å²) < 4.78 is 5.54. The lowest BCUT2D eigenvalue weighted by molar-refractivity contribution is 0.543. The molecule has 3 nitrogen and oxygen atoms in total. The van der Waals surface area contributed by atoms with Gasteiger partial charge in [-0.1, -0.05) is 30.0 Å². The fourth-order valence-electron chi connectivity index (χ4n) is 2.55. The average molecular weight is 325 g/mol. The van der Waals surface area contributed by atoms with Gasteiger partial charge >= 0.3 is 5.63 Å². The first kappa shape index (κ1) is 15.7. The van der Waals surface area contributed by atoms with Crippen LogP contribution < -0.4 is 10.5 Å². The topological polar surface area (TPSA) is 33.5 Å². The molecule has 0 spiro atoms. The third kappa shape index (κ3) is 3.42. The Morgan fingerprint density at radius 2 is 1.74 bits per heavy atom. The first-order valence-electron chi connectivity index (χ1n) is 7.77. The van der Waals surface area contributed by atoms with E-state index >= 15 is 0 Å². The largest absolute Gasteiger partial charge is 0.422 e. The highest BCUT2D eigenvalue weighted by Gasteiger charge is 2.09. The van der Waals surface area contributed by atoms with E-state index in [0.717, 1.165) is 29.1 Å². The van der Waals surface area contributed by atoms with Gasteiger partial charge < -0.3 is 9.32 Å². The molecule has 0 N–H and O–H groups in total. The maximum absolute atomic E-state index is 12.3. The Labute approximate surface area is 139 Å². The summed E-state index contributed by atoms with van der Waals surface area (Å²) in [6, 6.07) is 17.8. The highest BCUT2D eigenvalue weighted by Crippen LogP contribution is 2.28. The SMILES string of the molecule is CCN(CC)c1ccc2cc(Sc3ccccc3)c(=O)oc2c1. The molecule has 0 aliphatic heterocycles. The monoisotopic (exact) mass is 325 g/mol. The molecular formula is C19H19NO2S. The van der Waals surface area contributed by atoms with E-state index < -0.39 is 0 Å². The molecule has 4 heteroatoms. The van der Waals surface area contributed by atoms with Crippen LogP contribution in [0.5, 0.6) is 0 Å². The van der Waals surface area contributed by atoms with E-state index in [-0.39, 0.29) is 5.63 Å². The third-order valence-electron chi connectivity index (χ3n) is 3.79. The van der Waals surface area contributed by atoms with Gasteiger partial charge in [0.15, 0.2) is 0 Å². The minimum atomic E-state index is -0.289. The van der Waals surface area contributed by atoms with Crippen molar-refractivity contribution in [2.45, 2.75) is 23.6 Å². The average Bonchev–Trinajstić information content (AvgIpc) is 2.58. The molecule has 23 heavy (non-hydrogen) atoms. The van der Waals surface area contributed by atoms with Crippen molar-refractivity contribution in [3.63, 3.8) is 0 Å². The maximum Gasteiger partial charge on any atom is 0.350 e. The van der Waals surface area contributed by atoms with Gasteiger partial charge in [0, 0.05) is 35.1 Å². The highest BCUT2D eigenvalue weighted by molar-refractivity contribution is 7.99. The molecule has 0 saturated heterocycles. The van der Waals surface area contributed by atoms with Gasteiger partial charge in [-0.2, -0.15) is 0 Å². The Morgan fingerprint density at radius 1 is 1.00 bits per heavy atom. The van der Waals surface area contributed by atoms with Gasteiger partial charge in [0.05, 0.1) is 4.90 Å². The van der Waals surface area contributed by atoms with E-state index in [2.05, 4.69) is 24.8 Å². The van der Waals surface area contributed by atoms with Crippen molar-refractivity contribution in [3.05, 3.63) is 65.0 Å². The fraction of sp³-hybridized carbons (Fsp3) is 0.211. The number of anilines is 1. The van der Waals surface area contributed by atoms with Gasteiger partial charge in [0.25, 0.3) is 0 Å². The van der Waals surface area contributed by atoms with Crippen molar-refractivity contribution < 1.29 is 4.42 Å². The standard InChI is InChI=1S/C19H19NO2S/c1-3-20(4-2)15-11-10-14-12-18(19(21)22-17(14)13-15)23-16-8-6-5-7-9-16/h5-13H,3-4H2,1-2H3.